The van der Waals surface area contributed by atoms with Crippen molar-refractivity contribution in [2.24, 2.45) is 0 Å². The molecule has 1 heterocycles. The lowest BCUT2D eigenvalue weighted by Gasteiger charge is -2.33. The largest absolute Gasteiger partial charge is 0.447 e. The van der Waals surface area contributed by atoms with Crippen molar-refractivity contribution in [2.75, 3.05) is 7.11 Å². The van der Waals surface area contributed by atoms with E-state index in [1.165, 1.54) is 6.07 Å². The van der Waals surface area contributed by atoms with Crippen LogP contribution in [-0.4, -0.2) is 33.7 Å². The second kappa shape index (κ2) is 6.26. The lowest BCUT2D eigenvalue weighted by molar-refractivity contribution is 0.0235. The molecule has 1 aromatic rings. The minimum atomic E-state index is -3.57. The summed E-state index contributed by atoms with van der Waals surface area (Å²) in [5, 5.41) is 3.15. The van der Waals surface area contributed by atoms with E-state index < -0.39 is 10.0 Å². The van der Waals surface area contributed by atoms with Crippen LogP contribution in [0, 0.1) is 0 Å². The number of rotatable bonds is 7. The maximum atomic E-state index is 12.1. The van der Waals surface area contributed by atoms with Crippen LogP contribution < -0.4 is 10.0 Å². The summed E-state index contributed by atoms with van der Waals surface area (Å²) in [4.78, 5) is 0. The van der Waals surface area contributed by atoms with E-state index in [1.54, 1.807) is 13.2 Å². The average Bonchev–Trinajstić information content (AvgIpc) is 2.80. The summed E-state index contributed by atoms with van der Waals surface area (Å²) in [7, 11) is -1.93. The van der Waals surface area contributed by atoms with E-state index in [2.05, 4.69) is 10.0 Å². The molecule has 2 rings (SSSR count). The van der Waals surface area contributed by atoms with Gasteiger partial charge >= 0.3 is 0 Å². The minimum absolute atomic E-state index is 0.0288. The summed E-state index contributed by atoms with van der Waals surface area (Å²) in [5.74, 6) is 0.613. The smallest absolute Gasteiger partial charge is 0.274 e. The molecule has 6 nitrogen and oxygen atoms in total. The van der Waals surface area contributed by atoms with E-state index in [0.29, 0.717) is 31.2 Å². The fraction of sp³-hybridized carbons (Fsp3) is 0.692. The summed E-state index contributed by atoms with van der Waals surface area (Å²) < 4.78 is 37.4. The number of methoxy groups -OCH3 is 1. The highest BCUT2D eigenvalue weighted by Gasteiger charge is 2.33. The molecule has 1 saturated carbocycles. The SMILES string of the molecule is COC1CC(NS(=O)(=O)c2ccc(CNC(C)C)o2)C1. The van der Waals surface area contributed by atoms with Crippen molar-refractivity contribution < 1.29 is 17.6 Å². The normalized spacial score (nSPS) is 23.0. The standard InChI is InChI=1S/C13H22N2O4S/c1-9(2)14-8-11-4-5-13(19-11)20(16,17)15-10-6-12(7-10)18-3/h4-5,9-10,12,14-15H,6-8H2,1-3H3. The molecule has 1 aliphatic carbocycles. The Hall–Kier alpha value is -0.890. The molecule has 20 heavy (non-hydrogen) atoms. The van der Waals surface area contributed by atoms with Crippen LogP contribution in [-0.2, 0) is 21.3 Å². The van der Waals surface area contributed by atoms with Gasteiger partial charge in [-0.2, -0.15) is 0 Å². The summed E-state index contributed by atoms with van der Waals surface area (Å²) in [6, 6.07) is 3.43. The van der Waals surface area contributed by atoms with Crippen LogP contribution in [0.15, 0.2) is 21.6 Å². The molecule has 0 unspecified atom stereocenters. The van der Waals surface area contributed by atoms with Crippen molar-refractivity contribution >= 4 is 10.0 Å². The van der Waals surface area contributed by atoms with Crippen LogP contribution in [0.4, 0.5) is 0 Å². The molecule has 0 saturated heterocycles. The number of sulfonamides is 1. The Morgan fingerprint density at radius 2 is 2.10 bits per heavy atom. The molecule has 1 aliphatic rings. The topological polar surface area (TPSA) is 80.6 Å². The third-order valence-corrected chi connectivity index (χ3v) is 4.73. The van der Waals surface area contributed by atoms with Gasteiger partial charge in [-0.3, -0.25) is 0 Å². The van der Waals surface area contributed by atoms with Gasteiger partial charge in [0.2, 0.25) is 5.09 Å². The Labute approximate surface area is 119 Å². The van der Waals surface area contributed by atoms with Gasteiger partial charge < -0.3 is 14.5 Å². The van der Waals surface area contributed by atoms with Crippen molar-refractivity contribution in [1.82, 2.24) is 10.0 Å². The van der Waals surface area contributed by atoms with E-state index in [0.717, 1.165) is 0 Å². The number of furan rings is 1. The third kappa shape index (κ3) is 3.82. The maximum Gasteiger partial charge on any atom is 0.274 e. The highest BCUT2D eigenvalue weighted by molar-refractivity contribution is 7.89. The fourth-order valence-corrected chi connectivity index (χ4v) is 3.25. The zero-order valence-corrected chi connectivity index (χ0v) is 12.9. The number of nitrogens with one attached hydrogen (secondary N) is 2. The number of hydrogen-bond donors (Lipinski definition) is 2. The van der Waals surface area contributed by atoms with E-state index >= 15 is 0 Å². The predicted octanol–water partition coefficient (Wildman–Crippen LogP) is 1.23. The molecular formula is C13H22N2O4S. The lowest BCUT2D eigenvalue weighted by Crippen LogP contribution is -2.47. The summed E-state index contributed by atoms with van der Waals surface area (Å²) >= 11 is 0. The van der Waals surface area contributed by atoms with Gasteiger partial charge in [-0.1, -0.05) is 13.8 Å². The first-order chi connectivity index (χ1) is 9.40. The van der Waals surface area contributed by atoms with Crippen molar-refractivity contribution in [2.45, 2.75) is 56.5 Å². The number of hydrogen-bond acceptors (Lipinski definition) is 5. The second-order valence-corrected chi connectivity index (χ2v) is 7.05. The molecule has 1 aromatic heterocycles. The lowest BCUT2D eigenvalue weighted by atomic mass is 9.90. The average molecular weight is 302 g/mol. The Bertz CT molecular complexity index is 532. The zero-order valence-electron chi connectivity index (χ0n) is 12.0. The molecular weight excluding hydrogens is 280 g/mol. The van der Waals surface area contributed by atoms with Crippen LogP contribution in [0.5, 0.6) is 0 Å². The Kier molecular flexibility index (Phi) is 4.85. The van der Waals surface area contributed by atoms with Gasteiger partial charge in [-0.05, 0) is 25.0 Å². The Morgan fingerprint density at radius 1 is 1.40 bits per heavy atom. The van der Waals surface area contributed by atoms with Crippen LogP contribution in [0.3, 0.4) is 0 Å². The van der Waals surface area contributed by atoms with Crippen LogP contribution in [0.2, 0.25) is 0 Å². The molecule has 0 aliphatic heterocycles. The van der Waals surface area contributed by atoms with Crippen molar-refractivity contribution in [3.63, 3.8) is 0 Å². The predicted molar refractivity (Wildman–Crippen MR) is 74.8 cm³/mol. The second-order valence-electron chi connectivity index (χ2n) is 5.40. The van der Waals surface area contributed by atoms with Crippen molar-refractivity contribution in [3.05, 3.63) is 17.9 Å². The minimum Gasteiger partial charge on any atom is -0.447 e. The van der Waals surface area contributed by atoms with Crippen LogP contribution >= 0.6 is 0 Å². The Morgan fingerprint density at radius 3 is 2.70 bits per heavy atom. The van der Waals surface area contributed by atoms with Gasteiger partial charge in [-0.15, -0.1) is 0 Å². The molecule has 0 atom stereocenters. The molecule has 1 fully saturated rings. The van der Waals surface area contributed by atoms with Gasteiger partial charge in [0, 0.05) is 19.2 Å². The maximum absolute atomic E-state index is 12.1. The first kappa shape index (κ1) is 15.5. The first-order valence-electron chi connectivity index (χ1n) is 6.78. The summed E-state index contributed by atoms with van der Waals surface area (Å²) in [6.07, 6.45) is 1.57. The molecule has 0 aromatic carbocycles. The van der Waals surface area contributed by atoms with E-state index in [-0.39, 0.29) is 17.2 Å². The van der Waals surface area contributed by atoms with E-state index in [4.69, 9.17) is 9.15 Å². The van der Waals surface area contributed by atoms with Gasteiger partial charge in [0.05, 0.1) is 12.6 Å². The molecule has 0 amide bonds. The van der Waals surface area contributed by atoms with E-state index in [1.807, 2.05) is 13.8 Å². The van der Waals surface area contributed by atoms with Gasteiger partial charge in [0.25, 0.3) is 10.0 Å². The molecule has 0 radical (unpaired) electrons. The fourth-order valence-electron chi connectivity index (χ4n) is 2.03. The molecule has 0 bridgehead atoms. The molecule has 0 spiro atoms. The molecule has 7 heteroatoms. The monoisotopic (exact) mass is 302 g/mol. The highest BCUT2D eigenvalue weighted by atomic mass is 32.2. The van der Waals surface area contributed by atoms with Crippen LogP contribution in [0.1, 0.15) is 32.4 Å². The first-order valence-corrected chi connectivity index (χ1v) is 8.26. The van der Waals surface area contributed by atoms with Crippen molar-refractivity contribution in [1.29, 1.82) is 0 Å². The molecule has 2 N–H and O–H groups in total. The summed E-state index contributed by atoms with van der Waals surface area (Å²) in [5.41, 5.74) is 0. The van der Waals surface area contributed by atoms with Gasteiger partial charge in [0.15, 0.2) is 0 Å². The highest BCUT2D eigenvalue weighted by Crippen LogP contribution is 2.25. The van der Waals surface area contributed by atoms with Crippen molar-refractivity contribution in [3.8, 4) is 0 Å². The van der Waals surface area contributed by atoms with Gasteiger partial charge in [-0.25, -0.2) is 13.1 Å². The Balaban J connectivity index is 1.92. The number of ether oxygens (including phenoxy) is 1. The molecule has 114 valence electrons. The van der Waals surface area contributed by atoms with E-state index in [9.17, 15) is 8.42 Å². The summed E-state index contributed by atoms with van der Waals surface area (Å²) in [6.45, 7) is 4.55. The quantitative estimate of drug-likeness (QED) is 0.792. The van der Waals surface area contributed by atoms with Crippen LogP contribution in [0.25, 0.3) is 0 Å². The zero-order chi connectivity index (χ0) is 14.8. The van der Waals surface area contributed by atoms with Gasteiger partial charge in [0.1, 0.15) is 5.76 Å². The third-order valence-electron chi connectivity index (χ3n) is 3.34.